The van der Waals surface area contributed by atoms with Gasteiger partial charge in [0, 0.05) is 11.3 Å². The second-order valence-electron chi connectivity index (χ2n) is 6.25. The van der Waals surface area contributed by atoms with Crippen molar-refractivity contribution in [2.24, 2.45) is 0 Å². The molecule has 0 radical (unpaired) electrons. The lowest BCUT2D eigenvalue weighted by molar-refractivity contribution is 0.0601. The molecule has 8 heteroatoms. The van der Waals surface area contributed by atoms with Crippen LogP contribution in [-0.4, -0.2) is 32.0 Å². The highest BCUT2D eigenvalue weighted by atomic mass is 32.1. The first-order chi connectivity index (χ1) is 14.4. The van der Waals surface area contributed by atoms with Crippen molar-refractivity contribution in [3.63, 3.8) is 0 Å². The summed E-state index contributed by atoms with van der Waals surface area (Å²) < 4.78 is 9.95. The second kappa shape index (κ2) is 9.23. The summed E-state index contributed by atoms with van der Waals surface area (Å²) in [5.41, 5.74) is 1.60. The van der Waals surface area contributed by atoms with Crippen LogP contribution >= 0.6 is 11.3 Å². The van der Waals surface area contributed by atoms with Gasteiger partial charge in [-0.05, 0) is 48.9 Å². The van der Waals surface area contributed by atoms with Crippen LogP contribution in [0.2, 0.25) is 0 Å². The number of amides is 2. The molecule has 0 fully saturated rings. The molecule has 2 N–H and O–H groups in total. The van der Waals surface area contributed by atoms with E-state index in [4.69, 9.17) is 9.47 Å². The predicted molar refractivity (Wildman–Crippen MR) is 116 cm³/mol. The van der Waals surface area contributed by atoms with E-state index < -0.39 is 11.9 Å². The second-order valence-corrected chi connectivity index (χ2v) is 7.28. The van der Waals surface area contributed by atoms with Crippen molar-refractivity contribution in [3.8, 4) is 5.75 Å². The van der Waals surface area contributed by atoms with Gasteiger partial charge in [0.1, 0.15) is 10.8 Å². The van der Waals surface area contributed by atoms with E-state index in [1.165, 1.54) is 14.2 Å². The Bertz CT molecular complexity index is 1070. The van der Waals surface area contributed by atoms with Crippen molar-refractivity contribution in [1.29, 1.82) is 0 Å². The molecule has 0 spiro atoms. The minimum absolute atomic E-state index is 0.155. The van der Waals surface area contributed by atoms with Gasteiger partial charge in [-0.15, -0.1) is 11.3 Å². The number of carbonyl (C=O) groups excluding carboxylic acids is 3. The van der Waals surface area contributed by atoms with Gasteiger partial charge in [0.2, 0.25) is 0 Å². The molecule has 3 rings (SSSR count). The molecule has 2 amide bonds. The van der Waals surface area contributed by atoms with Gasteiger partial charge in [-0.1, -0.05) is 18.2 Å². The third-order valence-corrected chi connectivity index (χ3v) is 5.56. The van der Waals surface area contributed by atoms with Crippen LogP contribution in [0, 0.1) is 6.92 Å². The lowest BCUT2D eigenvalue weighted by Gasteiger charge is -2.07. The van der Waals surface area contributed by atoms with Gasteiger partial charge in [0.05, 0.1) is 24.7 Å². The SMILES string of the molecule is COC(=O)c1c(NC(=O)c2ccc(OC)cc2)sc(C(=O)Nc2ccccc2)c1C. The van der Waals surface area contributed by atoms with Crippen LogP contribution in [0.1, 0.15) is 36.0 Å². The molecular formula is C22H20N2O5S. The fourth-order valence-electron chi connectivity index (χ4n) is 2.79. The Kier molecular flexibility index (Phi) is 6.48. The van der Waals surface area contributed by atoms with Crippen molar-refractivity contribution in [2.45, 2.75) is 6.92 Å². The van der Waals surface area contributed by atoms with Crippen LogP contribution in [0.15, 0.2) is 54.6 Å². The summed E-state index contributed by atoms with van der Waals surface area (Å²) in [5, 5.41) is 5.75. The number of esters is 1. The molecule has 7 nitrogen and oxygen atoms in total. The van der Waals surface area contributed by atoms with Crippen LogP contribution in [-0.2, 0) is 4.74 Å². The predicted octanol–water partition coefficient (Wildman–Crippen LogP) is 4.36. The molecule has 1 heterocycles. The molecule has 2 aromatic carbocycles. The number of carbonyl (C=O) groups is 3. The van der Waals surface area contributed by atoms with Crippen LogP contribution in [0.25, 0.3) is 0 Å². The quantitative estimate of drug-likeness (QED) is 0.574. The number of anilines is 2. The molecule has 0 aliphatic carbocycles. The molecule has 0 atom stereocenters. The first-order valence-corrected chi connectivity index (χ1v) is 9.79. The van der Waals surface area contributed by atoms with Gasteiger partial charge in [0.15, 0.2) is 0 Å². The zero-order chi connectivity index (χ0) is 21.7. The lowest BCUT2D eigenvalue weighted by atomic mass is 10.1. The molecule has 30 heavy (non-hydrogen) atoms. The number of hydrogen-bond donors (Lipinski definition) is 2. The summed E-state index contributed by atoms with van der Waals surface area (Å²) >= 11 is 1.02. The number of para-hydroxylation sites is 1. The maximum absolute atomic E-state index is 12.8. The third kappa shape index (κ3) is 4.49. The van der Waals surface area contributed by atoms with Crippen molar-refractivity contribution in [3.05, 3.63) is 76.2 Å². The molecule has 154 valence electrons. The summed E-state index contributed by atoms with van der Waals surface area (Å²) in [6.45, 7) is 1.64. The first-order valence-electron chi connectivity index (χ1n) is 8.98. The average molecular weight is 424 g/mol. The number of hydrogen-bond acceptors (Lipinski definition) is 6. The molecule has 0 saturated carbocycles. The Morgan fingerprint density at radius 3 is 2.13 bits per heavy atom. The molecule has 0 saturated heterocycles. The van der Waals surface area contributed by atoms with E-state index in [1.54, 1.807) is 55.5 Å². The standard InChI is InChI=1S/C22H20N2O5S/c1-13-17(22(27)29-3)21(24-19(25)14-9-11-16(28-2)12-10-14)30-18(13)20(26)23-15-7-5-4-6-8-15/h4-12H,1-3H3,(H,23,26)(H,24,25). The minimum Gasteiger partial charge on any atom is -0.497 e. The van der Waals surface area contributed by atoms with Crippen LogP contribution < -0.4 is 15.4 Å². The first kappa shape index (κ1) is 21.1. The smallest absolute Gasteiger partial charge is 0.341 e. The van der Waals surface area contributed by atoms with E-state index in [-0.39, 0.29) is 16.5 Å². The largest absolute Gasteiger partial charge is 0.497 e. The topological polar surface area (TPSA) is 93.7 Å². The Morgan fingerprint density at radius 2 is 1.53 bits per heavy atom. The zero-order valence-electron chi connectivity index (χ0n) is 16.6. The number of ether oxygens (including phenoxy) is 2. The molecule has 1 aromatic heterocycles. The van der Waals surface area contributed by atoms with Gasteiger partial charge < -0.3 is 20.1 Å². The van der Waals surface area contributed by atoms with E-state index in [2.05, 4.69) is 10.6 Å². The number of thiophene rings is 1. The summed E-state index contributed by atoms with van der Waals surface area (Å²) in [6, 6.07) is 15.5. The Labute approximate surface area is 177 Å². The molecule has 0 aliphatic rings. The van der Waals surface area contributed by atoms with Crippen LogP contribution in [0.4, 0.5) is 10.7 Å². The molecule has 0 bridgehead atoms. The number of rotatable bonds is 6. The maximum atomic E-state index is 12.8. The number of benzene rings is 2. The molecule has 3 aromatic rings. The Hall–Kier alpha value is -3.65. The van der Waals surface area contributed by atoms with Crippen LogP contribution in [0.3, 0.4) is 0 Å². The highest BCUT2D eigenvalue weighted by Crippen LogP contribution is 2.34. The van der Waals surface area contributed by atoms with Crippen LogP contribution in [0.5, 0.6) is 5.75 Å². The van der Waals surface area contributed by atoms with Gasteiger partial charge in [0.25, 0.3) is 11.8 Å². The van der Waals surface area contributed by atoms with Gasteiger partial charge in [-0.25, -0.2) is 4.79 Å². The minimum atomic E-state index is -0.632. The van der Waals surface area contributed by atoms with E-state index in [0.717, 1.165) is 11.3 Å². The lowest BCUT2D eigenvalue weighted by Crippen LogP contribution is -2.14. The van der Waals surface area contributed by atoms with Crippen molar-refractivity contribution in [1.82, 2.24) is 0 Å². The van der Waals surface area contributed by atoms with Gasteiger partial charge in [-0.3, -0.25) is 9.59 Å². The maximum Gasteiger partial charge on any atom is 0.341 e. The van der Waals surface area contributed by atoms with Crippen molar-refractivity contribution in [2.75, 3.05) is 24.9 Å². The highest BCUT2D eigenvalue weighted by molar-refractivity contribution is 7.19. The van der Waals surface area contributed by atoms with E-state index in [9.17, 15) is 14.4 Å². The van der Waals surface area contributed by atoms with Crippen molar-refractivity contribution >= 4 is 39.8 Å². The normalized spacial score (nSPS) is 10.2. The highest BCUT2D eigenvalue weighted by Gasteiger charge is 2.26. The third-order valence-electron chi connectivity index (χ3n) is 4.35. The molecular weight excluding hydrogens is 404 g/mol. The van der Waals surface area contributed by atoms with Gasteiger partial charge >= 0.3 is 5.97 Å². The fraction of sp³-hybridized carbons (Fsp3) is 0.136. The zero-order valence-corrected chi connectivity index (χ0v) is 17.5. The number of methoxy groups -OCH3 is 2. The monoisotopic (exact) mass is 424 g/mol. The average Bonchev–Trinajstić information content (AvgIpc) is 3.09. The number of nitrogens with one attached hydrogen (secondary N) is 2. The van der Waals surface area contributed by atoms with E-state index in [1.807, 2.05) is 6.07 Å². The Morgan fingerprint density at radius 1 is 0.867 bits per heavy atom. The van der Waals surface area contributed by atoms with Gasteiger partial charge in [-0.2, -0.15) is 0 Å². The fourth-order valence-corrected chi connectivity index (χ4v) is 3.88. The van der Waals surface area contributed by atoms with Crippen molar-refractivity contribution < 1.29 is 23.9 Å². The summed E-state index contributed by atoms with van der Waals surface area (Å²) in [6.07, 6.45) is 0. The summed E-state index contributed by atoms with van der Waals surface area (Å²) in [7, 11) is 2.78. The molecule has 0 aliphatic heterocycles. The molecule has 0 unspecified atom stereocenters. The van der Waals surface area contributed by atoms with E-state index >= 15 is 0 Å². The Balaban J connectivity index is 1.90. The summed E-state index contributed by atoms with van der Waals surface area (Å²) in [5.74, 6) is -0.806. The summed E-state index contributed by atoms with van der Waals surface area (Å²) in [4.78, 5) is 38.1. The van der Waals surface area contributed by atoms with E-state index in [0.29, 0.717) is 27.4 Å².